The number of allylic oxidation sites excluding steroid dienone is 2. The van der Waals surface area contributed by atoms with Gasteiger partial charge >= 0.3 is 0 Å². The maximum atomic E-state index is 10.3. The van der Waals surface area contributed by atoms with Crippen LogP contribution < -0.4 is 9.47 Å². The van der Waals surface area contributed by atoms with E-state index in [9.17, 15) is 26.3 Å². The van der Waals surface area contributed by atoms with E-state index in [0.29, 0.717) is 43.4 Å². The lowest BCUT2D eigenvalue weighted by molar-refractivity contribution is 0.0482. The molecule has 1 saturated heterocycles. The molecule has 1 aromatic carbocycles. The molecule has 31 heavy (non-hydrogen) atoms. The molecular formula is C22H18N6O3. The lowest BCUT2D eigenvalue weighted by Gasteiger charge is -2.34. The molecule has 2 aliphatic rings. The Morgan fingerprint density at radius 3 is 2.06 bits per heavy atom. The quantitative estimate of drug-likeness (QED) is 0.659. The van der Waals surface area contributed by atoms with E-state index in [1.54, 1.807) is 23.1 Å². The predicted octanol–water partition coefficient (Wildman–Crippen LogP) is 1.98. The number of hydrogen-bond acceptors (Lipinski definition) is 9. The van der Waals surface area contributed by atoms with E-state index in [2.05, 4.69) is 6.07 Å². The predicted molar refractivity (Wildman–Crippen MR) is 105 cm³/mol. The molecular weight excluding hydrogens is 396 g/mol. The van der Waals surface area contributed by atoms with Crippen LogP contribution >= 0.6 is 0 Å². The van der Waals surface area contributed by atoms with Gasteiger partial charge in [-0.25, -0.2) is 0 Å². The minimum atomic E-state index is -1.78. The van der Waals surface area contributed by atoms with Crippen molar-refractivity contribution in [2.24, 2.45) is 10.8 Å². The third-order valence-electron chi connectivity index (χ3n) is 5.84. The average molecular weight is 414 g/mol. The highest BCUT2D eigenvalue weighted by molar-refractivity contribution is 5.64. The van der Waals surface area contributed by atoms with Gasteiger partial charge < -0.3 is 19.1 Å². The molecule has 0 amide bonds. The molecule has 1 heterocycles. The Morgan fingerprint density at radius 1 is 0.968 bits per heavy atom. The van der Waals surface area contributed by atoms with E-state index < -0.39 is 16.7 Å². The molecule has 0 aromatic heterocycles. The number of benzene rings is 1. The Balaban J connectivity index is 2.29. The fraction of sp³-hybridized carbons (Fsp3) is 0.409. The van der Waals surface area contributed by atoms with Crippen LogP contribution in [0, 0.1) is 67.5 Å². The summed E-state index contributed by atoms with van der Waals surface area (Å²) in [6.07, 6.45) is 0. The summed E-state index contributed by atoms with van der Waals surface area (Å²) < 4.78 is 16.0. The topological polar surface area (TPSA) is 150 Å². The second-order valence-electron chi connectivity index (χ2n) is 7.05. The summed E-state index contributed by atoms with van der Waals surface area (Å²) in [4.78, 5) is 1.71. The Hall–Kier alpha value is -4.23. The lowest BCUT2D eigenvalue weighted by Crippen LogP contribution is -2.40. The van der Waals surface area contributed by atoms with Crippen LogP contribution in [0.3, 0.4) is 0 Å². The number of hydrogen-bond donors (Lipinski definition) is 0. The Labute approximate surface area is 180 Å². The molecule has 1 saturated carbocycles. The van der Waals surface area contributed by atoms with E-state index in [0.717, 1.165) is 0 Å². The first-order valence-electron chi connectivity index (χ1n) is 9.38. The van der Waals surface area contributed by atoms with Crippen LogP contribution in [0.25, 0.3) is 0 Å². The van der Waals surface area contributed by atoms with Gasteiger partial charge in [0.2, 0.25) is 0 Å². The van der Waals surface area contributed by atoms with Crippen molar-refractivity contribution in [1.29, 1.82) is 26.3 Å². The minimum Gasteiger partial charge on any atom is -0.493 e. The van der Waals surface area contributed by atoms with Crippen LogP contribution in [-0.4, -0.2) is 45.4 Å². The number of morpholine rings is 1. The van der Waals surface area contributed by atoms with Gasteiger partial charge in [-0.3, -0.25) is 0 Å². The fourth-order valence-corrected chi connectivity index (χ4v) is 4.39. The van der Waals surface area contributed by atoms with Gasteiger partial charge in [-0.05, 0) is 17.7 Å². The Morgan fingerprint density at radius 2 is 1.58 bits per heavy atom. The van der Waals surface area contributed by atoms with Gasteiger partial charge in [0.25, 0.3) is 0 Å². The highest BCUT2D eigenvalue weighted by Gasteiger charge is 2.83. The first-order chi connectivity index (χ1) is 15.0. The molecule has 1 aliphatic carbocycles. The third kappa shape index (κ3) is 2.91. The van der Waals surface area contributed by atoms with Crippen molar-refractivity contribution in [3.63, 3.8) is 0 Å². The zero-order chi connectivity index (χ0) is 22.6. The maximum Gasteiger partial charge on any atom is 0.177 e. The minimum absolute atomic E-state index is 0.103. The standard InChI is InChI=1S/C22H18N6O3/c1-29-17-4-3-15(9-18(17)30-2)19-21(12-25,13-26)22(19,14-27)20(16(10-23)11-24)28-5-7-31-8-6-28/h3-4,9,19H,5-8H2,1-2H3/t19-,22+/m1/s1. The number of methoxy groups -OCH3 is 2. The van der Waals surface area contributed by atoms with Gasteiger partial charge in [0.15, 0.2) is 22.5 Å². The van der Waals surface area contributed by atoms with E-state index >= 15 is 0 Å². The summed E-state index contributed by atoms with van der Waals surface area (Å²) in [5, 5.41) is 49.7. The van der Waals surface area contributed by atoms with Crippen LogP contribution in [0.15, 0.2) is 29.5 Å². The van der Waals surface area contributed by atoms with Crippen LogP contribution in [0.2, 0.25) is 0 Å². The molecule has 154 valence electrons. The van der Waals surface area contributed by atoms with Crippen molar-refractivity contribution >= 4 is 0 Å². The highest BCUT2D eigenvalue weighted by Crippen LogP contribution is 2.77. The smallest absolute Gasteiger partial charge is 0.177 e. The van der Waals surface area contributed by atoms with E-state index in [-0.39, 0.29) is 11.3 Å². The summed E-state index contributed by atoms with van der Waals surface area (Å²) in [6.45, 7) is 1.33. The summed E-state index contributed by atoms with van der Waals surface area (Å²) >= 11 is 0. The summed E-state index contributed by atoms with van der Waals surface area (Å²) in [7, 11) is 2.94. The van der Waals surface area contributed by atoms with Gasteiger partial charge in [-0.2, -0.15) is 26.3 Å². The molecule has 0 unspecified atom stereocenters. The van der Waals surface area contributed by atoms with Gasteiger partial charge in [0, 0.05) is 19.0 Å². The molecule has 1 aromatic rings. The van der Waals surface area contributed by atoms with Crippen LogP contribution in [0.5, 0.6) is 11.5 Å². The molecule has 9 nitrogen and oxygen atoms in total. The largest absolute Gasteiger partial charge is 0.493 e. The molecule has 9 heteroatoms. The van der Waals surface area contributed by atoms with Gasteiger partial charge in [-0.1, -0.05) is 6.07 Å². The SMILES string of the molecule is COc1ccc([C@@H]2C(C#N)(C#N)[C@]2(C#N)C(=C(C#N)C#N)N2CCOCC2)cc1OC. The second-order valence-corrected chi connectivity index (χ2v) is 7.05. The highest BCUT2D eigenvalue weighted by atomic mass is 16.5. The molecule has 0 bridgehead atoms. The molecule has 2 fully saturated rings. The van der Waals surface area contributed by atoms with Crippen LogP contribution in [0.1, 0.15) is 11.5 Å². The maximum absolute atomic E-state index is 10.3. The molecule has 0 radical (unpaired) electrons. The number of nitriles is 5. The first-order valence-corrected chi connectivity index (χ1v) is 9.38. The van der Waals surface area contributed by atoms with E-state index in [1.165, 1.54) is 14.2 Å². The van der Waals surface area contributed by atoms with Crippen molar-refractivity contribution in [2.45, 2.75) is 5.92 Å². The van der Waals surface area contributed by atoms with E-state index in [4.69, 9.17) is 14.2 Å². The molecule has 3 rings (SSSR count). The van der Waals surface area contributed by atoms with Gasteiger partial charge in [-0.15, -0.1) is 0 Å². The van der Waals surface area contributed by atoms with Gasteiger partial charge in [0.05, 0.1) is 51.3 Å². The lowest BCUT2D eigenvalue weighted by atomic mass is 9.88. The third-order valence-corrected chi connectivity index (χ3v) is 5.84. The monoisotopic (exact) mass is 414 g/mol. The Kier molecular flexibility index (Phi) is 5.72. The molecule has 0 spiro atoms. The Bertz CT molecular complexity index is 1100. The summed E-state index contributed by atoms with van der Waals surface area (Å²) in [5.41, 5.74) is -3.17. The van der Waals surface area contributed by atoms with Crippen molar-refractivity contribution in [3.05, 3.63) is 35.0 Å². The van der Waals surface area contributed by atoms with Crippen LogP contribution in [-0.2, 0) is 4.74 Å². The summed E-state index contributed by atoms with van der Waals surface area (Å²) in [6, 6.07) is 14.8. The second kappa shape index (κ2) is 8.25. The molecule has 0 N–H and O–H groups in total. The zero-order valence-corrected chi connectivity index (χ0v) is 17.0. The summed E-state index contributed by atoms with van der Waals surface area (Å²) in [5.74, 6) is -0.0665. The number of ether oxygens (including phenoxy) is 3. The zero-order valence-electron chi connectivity index (χ0n) is 17.0. The van der Waals surface area contributed by atoms with Gasteiger partial charge in [0.1, 0.15) is 17.6 Å². The van der Waals surface area contributed by atoms with Crippen molar-refractivity contribution in [2.75, 3.05) is 40.5 Å². The van der Waals surface area contributed by atoms with E-state index in [1.807, 2.05) is 24.3 Å². The van der Waals surface area contributed by atoms with Crippen molar-refractivity contribution < 1.29 is 14.2 Å². The molecule has 1 aliphatic heterocycles. The molecule has 2 atom stereocenters. The average Bonchev–Trinajstić information content (AvgIpc) is 3.44. The van der Waals surface area contributed by atoms with Crippen LogP contribution in [0.4, 0.5) is 0 Å². The van der Waals surface area contributed by atoms with Crippen molar-refractivity contribution in [1.82, 2.24) is 4.90 Å². The number of nitrogens with zero attached hydrogens (tertiary/aromatic N) is 6. The normalized spacial score (nSPS) is 23.0. The first kappa shape index (κ1) is 21.5. The fourth-order valence-electron chi connectivity index (χ4n) is 4.39. The number of rotatable bonds is 5. The van der Waals surface area contributed by atoms with Crippen molar-refractivity contribution in [3.8, 4) is 41.8 Å².